The lowest BCUT2D eigenvalue weighted by atomic mass is 9.98. The van der Waals surface area contributed by atoms with Crippen LogP contribution < -0.4 is 11.3 Å². The molecule has 0 spiro atoms. The van der Waals surface area contributed by atoms with Gasteiger partial charge < -0.3 is 0 Å². The molecule has 0 aliphatic carbocycles. The van der Waals surface area contributed by atoms with Gasteiger partial charge in [0.25, 0.3) is 0 Å². The van der Waals surface area contributed by atoms with Crippen molar-refractivity contribution in [2.45, 2.75) is 25.6 Å². The Labute approximate surface area is 121 Å². The summed E-state index contributed by atoms with van der Waals surface area (Å²) in [5, 5.41) is 0. The Morgan fingerprint density at radius 2 is 1.57 bits per heavy atom. The van der Waals surface area contributed by atoms with Crippen molar-refractivity contribution in [3.05, 3.63) is 70.8 Å². The molecule has 0 aliphatic heterocycles. The average molecular weight is 294 g/mol. The third kappa shape index (κ3) is 4.06. The molecule has 0 heterocycles. The molecule has 1 unspecified atom stereocenters. The zero-order valence-corrected chi connectivity index (χ0v) is 11.6. The van der Waals surface area contributed by atoms with Gasteiger partial charge in [-0.2, -0.15) is 13.2 Å². The maximum atomic E-state index is 12.5. The van der Waals surface area contributed by atoms with Crippen molar-refractivity contribution in [2.24, 2.45) is 5.84 Å². The van der Waals surface area contributed by atoms with Gasteiger partial charge in [-0.3, -0.25) is 11.3 Å². The van der Waals surface area contributed by atoms with Gasteiger partial charge in [0.1, 0.15) is 0 Å². The van der Waals surface area contributed by atoms with Gasteiger partial charge in [-0.15, -0.1) is 0 Å². The fourth-order valence-electron chi connectivity index (χ4n) is 2.14. The molecular weight excluding hydrogens is 277 g/mol. The monoisotopic (exact) mass is 294 g/mol. The summed E-state index contributed by atoms with van der Waals surface area (Å²) in [6, 6.07) is 12.9. The summed E-state index contributed by atoms with van der Waals surface area (Å²) >= 11 is 0. The van der Waals surface area contributed by atoms with Crippen LogP contribution in [0.4, 0.5) is 13.2 Å². The first-order valence-corrected chi connectivity index (χ1v) is 6.59. The molecule has 0 aromatic heterocycles. The normalized spacial score (nSPS) is 13.2. The van der Waals surface area contributed by atoms with Crippen LogP contribution in [0.15, 0.2) is 48.5 Å². The van der Waals surface area contributed by atoms with E-state index in [2.05, 4.69) is 5.43 Å². The smallest absolute Gasteiger partial charge is 0.271 e. The molecule has 21 heavy (non-hydrogen) atoms. The van der Waals surface area contributed by atoms with Crippen LogP contribution in [0.2, 0.25) is 0 Å². The van der Waals surface area contributed by atoms with Crippen LogP contribution in [0.3, 0.4) is 0 Å². The summed E-state index contributed by atoms with van der Waals surface area (Å²) in [7, 11) is 0. The Morgan fingerprint density at radius 3 is 2.05 bits per heavy atom. The summed E-state index contributed by atoms with van der Waals surface area (Å²) in [6.45, 7) is 1.99. The minimum Gasteiger partial charge on any atom is -0.271 e. The number of rotatable bonds is 4. The van der Waals surface area contributed by atoms with E-state index in [1.54, 1.807) is 0 Å². The number of nitrogens with one attached hydrogen (secondary N) is 1. The minimum atomic E-state index is -4.30. The first-order chi connectivity index (χ1) is 9.90. The molecule has 3 N–H and O–H groups in total. The second-order valence-corrected chi connectivity index (χ2v) is 5.03. The van der Waals surface area contributed by atoms with Crippen LogP contribution in [-0.2, 0) is 12.6 Å². The van der Waals surface area contributed by atoms with E-state index in [-0.39, 0.29) is 6.04 Å². The Bertz CT molecular complexity index is 574. The fourth-order valence-corrected chi connectivity index (χ4v) is 2.14. The minimum absolute atomic E-state index is 0.137. The van der Waals surface area contributed by atoms with Crippen molar-refractivity contribution >= 4 is 0 Å². The van der Waals surface area contributed by atoms with E-state index in [9.17, 15) is 13.2 Å². The Morgan fingerprint density at radius 1 is 1.00 bits per heavy atom. The molecule has 2 rings (SSSR count). The van der Waals surface area contributed by atoms with Gasteiger partial charge in [0.2, 0.25) is 0 Å². The van der Waals surface area contributed by atoms with E-state index in [0.29, 0.717) is 6.42 Å². The van der Waals surface area contributed by atoms with E-state index in [0.717, 1.165) is 28.8 Å². The van der Waals surface area contributed by atoms with Crippen LogP contribution in [0.5, 0.6) is 0 Å². The third-order valence-electron chi connectivity index (χ3n) is 3.40. The largest absolute Gasteiger partial charge is 0.416 e. The molecule has 5 heteroatoms. The Balaban J connectivity index is 2.13. The van der Waals surface area contributed by atoms with Crippen LogP contribution in [0, 0.1) is 6.92 Å². The molecule has 0 radical (unpaired) electrons. The summed E-state index contributed by atoms with van der Waals surface area (Å²) in [6.07, 6.45) is -3.78. The highest BCUT2D eigenvalue weighted by Crippen LogP contribution is 2.29. The number of hydrogen-bond acceptors (Lipinski definition) is 2. The van der Waals surface area contributed by atoms with Gasteiger partial charge in [0, 0.05) is 6.04 Å². The maximum absolute atomic E-state index is 12.5. The van der Waals surface area contributed by atoms with Gasteiger partial charge >= 0.3 is 6.18 Å². The third-order valence-corrected chi connectivity index (χ3v) is 3.40. The Hall–Kier alpha value is -1.85. The van der Waals surface area contributed by atoms with Crippen molar-refractivity contribution in [3.8, 4) is 0 Å². The molecule has 0 aliphatic rings. The molecule has 0 saturated heterocycles. The lowest BCUT2D eigenvalue weighted by molar-refractivity contribution is -0.137. The topological polar surface area (TPSA) is 38.0 Å². The summed E-state index contributed by atoms with van der Waals surface area (Å²) < 4.78 is 37.6. The van der Waals surface area contributed by atoms with Crippen molar-refractivity contribution in [1.29, 1.82) is 0 Å². The molecule has 1 atom stereocenters. The standard InChI is InChI=1S/C16H17F3N2/c1-11-2-6-13(7-3-11)15(21-20)10-12-4-8-14(9-5-12)16(17,18)19/h2-9,15,21H,10,20H2,1H3. The second kappa shape index (κ2) is 6.28. The van der Waals surface area contributed by atoms with Gasteiger partial charge in [-0.25, -0.2) is 0 Å². The Kier molecular flexibility index (Phi) is 4.65. The van der Waals surface area contributed by atoms with E-state index >= 15 is 0 Å². The van der Waals surface area contributed by atoms with Gasteiger partial charge in [0.15, 0.2) is 0 Å². The van der Waals surface area contributed by atoms with E-state index < -0.39 is 11.7 Å². The van der Waals surface area contributed by atoms with Crippen LogP contribution in [-0.4, -0.2) is 0 Å². The predicted molar refractivity (Wildman–Crippen MR) is 76.4 cm³/mol. The number of nitrogens with two attached hydrogens (primary N) is 1. The average Bonchev–Trinajstić information content (AvgIpc) is 2.45. The summed E-state index contributed by atoms with van der Waals surface area (Å²) in [4.78, 5) is 0. The molecule has 0 saturated carbocycles. The first-order valence-electron chi connectivity index (χ1n) is 6.59. The molecule has 2 aromatic carbocycles. The zero-order chi connectivity index (χ0) is 15.5. The molecule has 112 valence electrons. The number of aryl methyl sites for hydroxylation is 1. The van der Waals surface area contributed by atoms with E-state index in [1.165, 1.54) is 12.1 Å². The number of benzene rings is 2. The second-order valence-electron chi connectivity index (χ2n) is 5.03. The van der Waals surface area contributed by atoms with Crippen LogP contribution in [0.25, 0.3) is 0 Å². The van der Waals surface area contributed by atoms with Crippen molar-refractivity contribution in [1.82, 2.24) is 5.43 Å². The van der Waals surface area contributed by atoms with Crippen molar-refractivity contribution in [3.63, 3.8) is 0 Å². The maximum Gasteiger partial charge on any atom is 0.416 e. The molecular formula is C16H17F3N2. The van der Waals surface area contributed by atoms with Crippen molar-refractivity contribution < 1.29 is 13.2 Å². The summed E-state index contributed by atoms with van der Waals surface area (Å²) in [5.74, 6) is 5.56. The van der Waals surface area contributed by atoms with Crippen LogP contribution in [0.1, 0.15) is 28.3 Å². The highest BCUT2D eigenvalue weighted by molar-refractivity contribution is 5.29. The number of alkyl halides is 3. The van der Waals surface area contributed by atoms with Crippen molar-refractivity contribution in [2.75, 3.05) is 0 Å². The summed E-state index contributed by atoms with van der Waals surface area (Å²) in [5.41, 5.74) is 5.01. The van der Waals surface area contributed by atoms with E-state index in [4.69, 9.17) is 5.84 Å². The highest BCUT2D eigenvalue weighted by Gasteiger charge is 2.30. The molecule has 2 nitrogen and oxygen atoms in total. The number of halogens is 3. The lowest BCUT2D eigenvalue weighted by Gasteiger charge is -2.17. The van der Waals surface area contributed by atoms with E-state index in [1.807, 2.05) is 31.2 Å². The van der Waals surface area contributed by atoms with Gasteiger partial charge in [0.05, 0.1) is 5.56 Å². The molecule has 0 amide bonds. The lowest BCUT2D eigenvalue weighted by Crippen LogP contribution is -2.29. The fraction of sp³-hybridized carbons (Fsp3) is 0.250. The quantitative estimate of drug-likeness (QED) is 0.665. The first kappa shape index (κ1) is 15.5. The van der Waals surface area contributed by atoms with Gasteiger partial charge in [-0.05, 0) is 36.6 Å². The number of hydrogen-bond donors (Lipinski definition) is 2. The zero-order valence-electron chi connectivity index (χ0n) is 11.6. The molecule has 2 aromatic rings. The van der Waals surface area contributed by atoms with Crippen LogP contribution >= 0.6 is 0 Å². The highest BCUT2D eigenvalue weighted by atomic mass is 19.4. The molecule has 0 fully saturated rings. The SMILES string of the molecule is Cc1ccc(C(Cc2ccc(C(F)(F)F)cc2)NN)cc1. The number of hydrazine groups is 1. The predicted octanol–water partition coefficient (Wildman–Crippen LogP) is 3.76. The molecule has 0 bridgehead atoms. The van der Waals surface area contributed by atoms with Gasteiger partial charge in [-0.1, -0.05) is 42.0 Å².